The lowest BCUT2D eigenvalue weighted by Gasteiger charge is -2.39. The summed E-state index contributed by atoms with van der Waals surface area (Å²) in [5.74, 6) is 3.34. The Balaban J connectivity index is 1.38. The number of aliphatic hydroxyl groups is 1. The molecule has 1 saturated heterocycles. The van der Waals surface area contributed by atoms with E-state index in [0.717, 1.165) is 43.4 Å². The van der Waals surface area contributed by atoms with Crippen LogP contribution in [0.4, 0.5) is 0 Å². The van der Waals surface area contributed by atoms with Gasteiger partial charge < -0.3 is 9.84 Å². The summed E-state index contributed by atoms with van der Waals surface area (Å²) in [4.78, 5) is 2.76. The molecule has 232 valence electrons. The van der Waals surface area contributed by atoms with Crippen molar-refractivity contribution in [3.05, 3.63) is 11.6 Å². The molecule has 0 aromatic rings. The van der Waals surface area contributed by atoms with Gasteiger partial charge in [-0.15, -0.1) is 0 Å². The molecule has 6 unspecified atom stereocenters. The normalized spacial score (nSPS) is 40.0. The summed E-state index contributed by atoms with van der Waals surface area (Å²) < 4.78 is 6.38. The van der Waals surface area contributed by atoms with Crippen LogP contribution in [0.3, 0.4) is 0 Å². The Hall–Kier alpha value is -0.380. The van der Waals surface area contributed by atoms with E-state index in [2.05, 4.69) is 52.6 Å². The highest BCUT2D eigenvalue weighted by molar-refractivity contribution is 5.38. The van der Waals surface area contributed by atoms with Gasteiger partial charge >= 0.3 is 0 Å². The van der Waals surface area contributed by atoms with Crippen molar-refractivity contribution in [2.75, 3.05) is 7.05 Å². The molecule has 3 fully saturated rings. The molecular weight excluding hydrogens is 490 g/mol. The van der Waals surface area contributed by atoms with Crippen LogP contribution >= 0.6 is 0 Å². The van der Waals surface area contributed by atoms with Crippen LogP contribution in [0.25, 0.3) is 0 Å². The van der Waals surface area contributed by atoms with Gasteiger partial charge in [-0.3, -0.25) is 4.90 Å². The minimum atomic E-state index is -0.593. The van der Waals surface area contributed by atoms with Crippen LogP contribution in [0, 0.1) is 29.1 Å². The molecule has 0 bridgehead atoms. The molecule has 1 aliphatic heterocycles. The Bertz CT molecular complexity index is 793. The zero-order valence-corrected chi connectivity index (χ0v) is 27.6. The van der Waals surface area contributed by atoms with Crippen LogP contribution in [0.5, 0.6) is 0 Å². The van der Waals surface area contributed by atoms with E-state index < -0.39 is 6.29 Å². The molecule has 4 aliphatic rings. The van der Waals surface area contributed by atoms with Gasteiger partial charge in [0.15, 0.2) is 6.29 Å². The van der Waals surface area contributed by atoms with E-state index in [1.54, 1.807) is 5.57 Å². The second-order valence-electron chi connectivity index (χ2n) is 15.4. The van der Waals surface area contributed by atoms with Crippen LogP contribution in [0.15, 0.2) is 11.6 Å². The number of hydrogen-bond donors (Lipinski definition) is 1. The van der Waals surface area contributed by atoms with Crippen molar-refractivity contribution in [2.24, 2.45) is 29.1 Å². The lowest BCUT2D eigenvalue weighted by atomic mass is 9.66. The number of unbranched alkanes of at least 4 members (excludes halogenated alkanes) is 6. The fraction of sp³-hybridized carbons (Fsp3) is 0.946. The average Bonchev–Trinajstić information content (AvgIpc) is 3.44. The SMILES string of the molecule is CCCCCCCCC(O)OC1CC[C@H](C)C23/C(=C\CCC4CC[C@H](CCCCC(C)C)[C@@]4(C)CCC2N3C)C1. The predicted molar refractivity (Wildman–Crippen MR) is 170 cm³/mol. The fourth-order valence-corrected chi connectivity index (χ4v) is 9.88. The average molecular weight is 558 g/mol. The molecule has 0 aromatic carbocycles. The highest BCUT2D eigenvalue weighted by Gasteiger charge is 2.65. The summed E-state index contributed by atoms with van der Waals surface area (Å²) in [6.45, 7) is 12.2. The summed E-state index contributed by atoms with van der Waals surface area (Å²) in [5.41, 5.74) is 2.44. The van der Waals surface area contributed by atoms with E-state index in [4.69, 9.17) is 4.74 Å². The summed E-state index contributed by atoms with van der Waals surface area (Å²) >= 11 is 0. The molecule has 1 heterocycles. The molecule has 0 radical (unpaired) electrons. The molecule has 9 atom stereocenters. The number of ether oxygens (including phenoxy) is 1. The number of nitrogens with zero attached hydrogens (tertiary/aromatic N) is 1. The van der Waals surface area contributed by atoms with Crippen LogP contribution in [-0.4, -0.2) is 41.0 Å². The van der Waals surface area contributed by atoms with Gasteiger partial charge in [0.25, 0.3) is 0 Å². The molecule has 1 N–H and O–H groups in total. The number of rotatable bonds is 14. The Labute approximate surface area is 249 Å². The molecule has 0 amide bonds. The Morgan fingerprint density at radius 3 is 2.48 bits per heavy atom. The van der Waals surface area contributed by atoms with Crippen molar-refractivity contribution in [2.45, 2.75) is 187 Å². The molecule has 4 rings (SSSR count). The van der Waals surface area contributed by atoms with E-state index in [0.29, 0.717) is 17.4 Å². The van der Waals surface area contributed by atoms with Crippen molar-refractivity contribution in [3.8, 4) is 0 Å². The summed E-state index contributed by atoms with van der Waals surface area (Å²) in [7, 11) is 2.42. The monoisotopic (exact) mass is 558 g/mol. The van der Waals surface area contributed by atoms with E-state index in [9.17, 15) is 5.11 Å². The van der Waals surface area contributed by atoms with Crippen molar-refractivity contribution in [1.82, 2.24) is 4.90 Å². The first kappa shape index (κ1) is 32.5. The maximum absolute atomic E-state index is 10.8. The number of hydrogen-bond acceptors (Lipinski definition) is 3. The molecule has 3 aliphatic carbocycles. The van der Waals surface area contributed by atoms with Crippen molar-refractivity contribution < 1.29 is 9.84 Å². The number of likely N-dealkylation sites (N-methyl/N-ethyl adjacent to an activating group) is 1. The van der Waals surface area contributed by atoms with E-state index in [1.165, 1.54) is 103 Å². The minimum absolute atomic E-state index is 0.174. The number of fused-ring (bicyclic) bond motifs is 1. The third-order valence-corrected chi connectivity index (χ3v) is 12.5. The van der Waals surface area contributed by atoms with Crippen LogP contribution in [0.2, 0.25) is 0 Å². The highest BCUT2D eigenvalue weighted by atomic mass is 16.6. The molecule has 3 heteroatoms. The van der Waals surface area contributed by atoms with Gasteiger partial charge in [0.1, 0.15) is 0 Å². The quantitative estimate of drug-likeness (QED) is 0.0998. The molecule has 0 aromatic heterocycles. The Morgan fingerprint density at radius 1 is 0.950 bits per heavy atom. The van der Waals surface area contributed by atoms with Crippen LogP contribution < -0.4 is 0 Å². The summed E-state index contributed by atoms with van der Waals surface area (Å²) in [6.07, 6.45) is 28.0. The summed E-state index contributed by atoms with van der Waals surface area (Å²) in [5, 5.41) is 10.8. The molecular formula is C37H67NO2. The zero-order chi connectivity index (χ0) is 28.8. The third kappa shape index (κ3) is 7.39. The minimum Gasteiger partial charge on any atom is -0.368 e. The van der Waals surface area contributed by atoms with Crippen molar-refractivity contribution in [3.63, 3.8) is 0 Å². The molecule has 40 heavy (non-hydrogen) atoms. The van der Waals surface area contributed by atoms with Crippen LogP contribution in [-0.2, 0) is 4.74 Å². The smallest absolute Gasteiger partial charge is 0.154 e. The molecule has 1 spiro atoms. The Morgan fingerprint density at radius 2 is 1.70 bits per heavy atom. The standard InChI is InChI=1S/C37H67NO2/c1-7-8-9-10-11-12-20-35(39)40-33-24-21-29(4)37-32(27-33)19-15-18-31-23-22-30(17-14-13-16-28(2)3)36(31,5)26-25-34(37)38(37)6/h19,28-31,33-35,39H,7-18,20-27H2,1-6H3/b32-19-/t29-,30-,31?,33?,34?,35?,36+,37?,38?/m0/s1. The maximum Gasteiger partial charge on any atom is 0.154 e. The van der Waals surface area contributed by atoms with E-state index in [1.807, 2.05) is 0 Å². The molecule has 2 saturated carbocycles. The van der Waals surface area contributed by atoms with Gasteiger partial charge in [0.05, 0.1) is 11.6 Å². The van der Waals surface area contributed by atoms with E-state index >= 15 is 0 Å². The largest absolute Gasteiger partial charge is 0.368 e. The number of aliphatic hydroxyl groups excluding tert-OH is 1. The predicted octanol–water partition coefficient (Wildman–Crippen LogP) is 10.1. The highest BCUT2D eigenvalue weighted by Crippen LogP contribution is 2.61. The van der Waals surface area contributed by atoms with Gasteiger partial charge in [-0.2, -0.15) is 0 Å². The van der Waals surface area contributed by atoms with Gasteiger partial charge in [-0.05, 0) is 119 Å². The van der Waals surface area contributed by atoms with Crippen molar-refractivity contribution in [1.29, 1.82) is 0 Å². The van der Waals surface area contributed by atoms with Gasteiger partial charge in [0.2, 0.25) is 0 Å². The number of allylic oxidation sites excluding steroid dienone is 1. The maximum atomic E-state index is 10.8. The first-order valence-electron chi connectivity index (χ1n) is 18.0. The lowest BCUT2D eigenvalue weighted by Crippen LogP contribution is -2.33. The lowest BCUT2D eigenvalue weighted by molar-refractivity contribution is -0.141. The van der Waals surface area contributed by atoms with Gasteiger partial charge in [-0.25, -0.2) is 0 Å². The van der Waals surface area contributed by atoms with E-state index in [-0.39, 0.29) is 11.6 Å². The second-order valence-corrected chi connectivity index (χ2v) is 15.4. The van der Waals surface area contributed by atoms with Crippen molar-refractivity contribution >= 4 is 0 Å². The summed E-state index contributed by atoms with van der Waals surface area (Å²) in [6, 6.07) is 0.693. The second kappa shape index (κ2) is 14.9. The Kier molecular flexibility index (Phi) is 12.1. The molecule has 3 nitrogen and oxygen atoms in total. The van der Waals surface area contributed by atoms with Crippen LogP contribution in [0.1, 0.15) is 163 Å². The zero-order valence-electron chi connectivity index (χ0n) is 27.6. The fourth-order valence-electron chi connectivity index (χ4n) is 9.88. The topological polar surface area (TPSA) is 32.5 Å². The van der Waals surface area contributed by atoms with Gasteiger partial charge in [-0.1, -0.05) is 92.1 Å². The third-order valence-electron chi connectivity index (χ3n) is 12.5. The first-order valence-corrected chi connectivity index (χ1v) is 18.0. The van der Waals surface area contributed by atoms with Gasteiger partial charge in [0, 0.05) is 6.04 Å². The first-order chi connectivity index (χ1) is 19.2.